The van der Waals surface area contributed by atoms with Gasteiger partial charge in [0.15, 0.2) is 0 Å². The molecular weight excluding hydrogens is 188 g/mol. The summed E-state index contributed by atoms with van der Waals surface area (Å²) in [5, 5.41) is 0. The van der Waals surface area contributed by atoms with Crippen LogP contribution in [0.25, 0.3) is 0 Å². The molecule has 2 rings (SSSR count). The second-order valence-corrected chi connectivity index (χ2v) is 6.49. The summed E-state index contributed by atoms with van der Waals surface area (Å²) >= 11 is 0. The lowest BCUT2D eigenvalue weighted by atomic mass is 9.78. The van der Waals surface area contributed by atoms with Crippen LogP contribution in [0.3, 0.4) is 0 Å². The van der Waals surface area contributed by atoms with Crippen LogP contribution in [0.4, 0.5) is 0 Å². The normalized spacial score (nSPS) is 38.7. The van der Waals surface area contributed by atoms with Gasteiger partial charge in [-0.25, -0.2) is 0 Å². The Kier molecular flexibility index (Phi) is 2.45. The van der Waals surface area contributed by atoms with E-state index >= 15 is 0 Å². The monoisotopic (exact) mass is 210 g/mol. The van der Waals surface area contributed by atoms with E-state index in [-0.39, 0.29) is 11.2 Å². The van der Waals surface area contributed by atoms with Crippen LogP contribution in [0.5, 0.6) is 0 Å². The summed E-state index contributed by atoms with van der Waals surface area (Å²) in [7, 11) is 0. The summed E-state index contributed by atoms with van der Waals surface area (Å²) < 4.78 is 6.05. The van der Waals surface area contributed by atoms with Gasteiger partial charge in [-0.15, -0.1) is 0 Å². The van der Waals surface area contributed by atoms with Crippen molar-refractivity contribution >= 4 is 6.29 Å². The van der Waals surface area contributed by atoms with E-state index in [4.69, 9.17) is 4.74 Å². The van der Waals surface area contributed by atoms with Crippen molar-refractivity contribution in [2.45, 2.75) is 58.2 Å². The van der Waals surface area contributed by atoms with Gasteiger partial charge in [-0.2, -0.15) is 0 Å². The molecule has 0 unspecified atom stereocenters. The number of rotatable bonds is 2. The molecule has 2 nitrogen and oxygen atoms in total. The highest BCUT2D eigenvalue weighted by Gasteiger charge is 2.49. The molecule has 0 spiro atoms. The molecule has 0 aromatic carbocycles. The Hall–Kier alpha value is -0.370. The van der Waals surface area contributed by atoms with Crippen LogP contribution in [0.1, 0.15) is 47.0 Å². The third kappa shape index (κ3) is 2.41. The fourth-order valence-corrected chi connectivity index (χ4v) is 3.40. The minimum absolute atomic E-state index is 0.0254. The predicted molar refractivity (Wildman–Crippen MR) is 59.6 cm³/mol. The van der Waals surface area contributed by atoms with Gasteiger partial charge in [0.1, 0.15) is 6.29 Å². The summed E-state index contributed by atoms with van der Waals surface area (Å²) in [4.78, 5) is 10.7. The van der Waals surface area contributed by atoms with Crippen molar-refractivity contribution in [2.24, 2.45) is 17.8 Å². The lowest BCUT2D eigenvalue weighted by Gasteiger charge is -2.45. The Morgan fingerprint density at radius 2 is 1.67 bits per heavy atom. The largest absolute Gasteiger partial charge is 0.370 e. The molecule has 0 N–H and O–H groups in total. The molecule has 2 heteroatoms. The SMILES string of the molecule is CC1(C)CC([C@@H]2C[C@@H]2C=O)CC(C)(C)O1. The second-order valence-electron chi connectivity index (χ2n) is 6.49. The van der Waals surface area contributed by atoms with Gasteiger partial charge >= 0.3 is 0 Å². The molecule has 2 atom stereocenters. The zero-order chi connectivity index (χ0) is 11.3. The van der Waals surface area contributed by atoms with Crippen LogP contribution in [0.15, 0.2) is 0 Å². The van der Waals surface area contributed by atoms with Crippen LogP contribution >= 0.6 is 0 Å². The Bertz CT molecular complexity index is 252. The van der Waals surface area contributed by atoms with Crippen molar-refractivity contribution in [1.82, 2.24) is 0 Å². The average molecular weight is 210 g/mol. The molecule has 1 aliphatic heterocycles. The van der Waals surface area contributed by atoms with E-state index in [1.54, 1.807) is 0 Å². The first-order valence-electron chi connectivity index (χ1n) is 5.98. The molecule has 0 bridgehead atoms. The number of carbonyl (C=O) groups is 1. The van der Waals surface area contributed by atoms with E-state index in [1.165, 1.54) is 0 Å². The van der Waals surface area contributed by atoms with Crippen LogP contribution in [-0.2, 0) is 9.53 Å². The zero-order valence-electron chi connectivity index (χ0n) is 10.2. The predicted octanol–water partition coefficient (Wildman–Crippen LogP) is 2.81. The van der Waals surface area contributed by atoms with E-state index in [0.717, 1.165) is 25.5 Å². The van der Waals surface area contributed by atoms with E-state index in [1.807, 2.05) is 0 Å². The number of aldehydes is 1. The average Bonchev–Trinajstić information content (AvgIpc) is 2.75. The van der Waals surface area contributed by atoms with Crippen molar-refractivity contribution in [3.05, 3.63) is 0 Å². The second kappa shape index (κ2) is 3.31. The first kappa shape index (κ1) is 11.1. The summed E-state index contributed by atoms with van der Waals surface area (Å²) in [6.45, 7) is 8.66. The molecule has 0 aromatic rings. The molecule has 0 amide bonds. The third-order valence-electron chi connectivity index (χ3n) is 3.73. The third-order valence-corrected chi connectivity index (χ3v) is 3.73. The van der Waals surface area contributed by atoms with Crippen molar-refractivity contribution in [3.8, 4) is 0 Å². The summed E-state index contributed by atoms with van der Waals surface area (Å²) in [6.07, 6.45) is 4.46. The van der Waals surface area contributed by atoms with Gasteiger partial charge in [-0.1, -0.05) is 0 Å². The standard InChI is InChI=1S/C13H22O2/c1-12(2)6-10(7-13(3,4)15-12)11-5-9(11)8-14/h8-11H,5-7H2,1-4H3/t9-,11-/m1/s1. The van der Waals surface area contributed by atoms with E-state index in [2.05, 4.69) is 27.7 Å². The molecule has 1 aliphatic carbocycles. The highest BCUT2D eigenvalue weighted by Crippen LogP contribution is 2.52. The van der Waals surface area contributed by atoms with E-state index in [9.17, 15) is 4.79 Å². The van der Waals surface area contributed by atoms with Gasteiger partial charge in [-0.05, 0) is 58.8 Å². The maximum atomic E-state index is 10.7. The Morgan fingerprint density at radius 1 is 1.13 bits per heavy atom. The molecule has 1 saturated carbocycles. The smallest absolute Gasteiger partial charge is 0.123 e. The highest BCUT2D eigenvalue weighted by atomic mass is 16.5. The van der Waals surface area contributed by atoms with Crippen LogP contribution in [-0.4, -0.2) is 17.5 Å². The fourth-order valence-electron chi connectivity index (χ4n) is 3.40. The van der Waals surface area contributed by atoms with Gasteiger partial charge in [0.2, 0.25) is 0 Å². The topological polar surface area (TPSA) is 26.3 Å². The Morgan fingerprint density at radius 3 is 2.07 bits per heavy atom. The molecule has 1 heterocycles. The van der Waals surface area contributed by atoms with Crippen molar-refractivity contribution < 1.29 is 9.53 Å². The number of carbonyl (C=O) groups excluding carboxylic acids is 1. The Balaban J connectivity index is 2.04. The quantitative estimate of drug-likeness (QED) is 0.655. The number of hydrogen-bond acceptors (Lipinski definition) is 2. The van der Waals surface area contributed by atoms with Gasteiger partial charge < -0.3 is 9.53 Å². The van der Waals surface area contributed by atoms with Crippen molar-refractivity contribution in [2.75, 3.05) is 0 Å². The lowest BCUT2D eigenvalue weighted by Crippen LogP contribution is -2.45. The lowest BCUT2D eigenvalue weighted by molar-refractivity contribution is -0.175. The van der Waals surface area contributed by atoms with Crippen LogP contribution < -0.4 is 0 Å². The van der Waals surface area contributed by atoms with Gasteiger partial charge in [0.05, 0.1) is 11.2 Å². The molecule has 0 radical (unpaired) electrons. The van der Waals surface area contributed by atoms with E-state index < -0.39 is 0 Å². The summed E-state index contributed by atoms with van der Waals surface area (Å²) in [5.74, 6) is 1.67. The zero-order valence-corrected chi connectivity index (χ0v) is 10.2. The number of ether oxygens (including phenoxy) is 1. The molecule has 1 saturated heterocycles. The van der Waals surface area contributed by atoms with Gasteiger partial charge in [-0.3, -0.25) is 0 Å². The Labute approximate surface area is 92.4 Å². The molecule has 2 aliphatic rings. The molecule has 86 valence electrons. The van der Waals surface area contributed by atoms with Crippen molar-refractivity contribution in [3.63, 3.8) is 0 Å². The first-order chi connectivity index (χ1) is 6.83. The summed E-state index contributed by atoms with van der Waals surface area (Å²) in [6, 6.07) is 0. The maximum absolute atomic E-state index is 10.7. The molecule has 2 fully saturated rings. The molecule has 15 heavy (non-hydrogen) atoms. The maximum Gasteiger partial charge on any atom is 0.123 e. The van der Waals surface area contributed by atoms with Crippen LogP contribution in [0, 0.1) is 17.8 Å². The van der Waals surface area contributed by atoms with Gasteiger partial charge in [0.25, 0.3) is 0 Å². The molecular formula is C13H22O2. The summed E-state index contributed by atoms with van der Waals surface area (Å²) in [5.41, 5.74) is -0.0507. The first-order valence-corrected chi connectivity index (χ1v) is 5.98. The van der Waals surface area contributed by atoms with Crippen molar-refractivity contribution in [1.29, 1.82) is 0 Å². The minimum atomic E-state index is -0.0254. The molecule has 0 aromatic heterocycles. The highest BCUT2D eigenvalue weighted by molar-refractivity contribution is 5.58. The minimum Gasteiger partial charge on any atom is -0.370 e. The van der Waals surface area contributed by atoms with E-state index in [0.29, 0.717) is 17.8 Å². The van der Waals surface area contributed by atoms with Gasteiger partial charge in [0, 0.05) is 5.92 Å². The number of hydrogen-bond donors (Lipinski definition) is 0. The van der Waals surface area contributed by atoms with Crippen LogP contribution in [0.2, 0.25) is 0 Å². The fraction of sp³-hybridized carbons (Fsp3) is 0.923.